The first kappa shape index (κ1) is 12.4. The lowest BCUT2D eigenvalue weighted by Crippen LogP contribution is -2.39. The first-order valence-corrected chi connectivity index (χ1v) is 6.91. The summed E-state index contributed by atoms with van der Waals surface area (Å²) in [6.07, 6.45) is 5.68. The second-order valence-electron chi connectivity index (χ2n) is 5.99. The van der Waals surface area contributed by atoms with Gasteiger partial charge in [0.05, 0.1) is 0 Å². The smallest absolute Gasteiger partial charge is 0.0465 e. The summed E-state index contributed by atoms with van der Waals surface area (Å²) in [5.74, 6) is 2.95. The van der Waals surface area contributed by atoms with Gasteiger partial charge in [0, 0.05) is 20.3 Å². The molecule has 0 amide bonds. The molecule has 2 aliphatic rings. The van der Waals surface area contributed by atoms with E-state index in [1.54, 1.807) is 0 Å². The number of hydrogen-bond donors (Lipinski definition) is 1. The number of hydrogen-bond acceptors (Lipinski definition) is 2. The molecule has 0 aromatic carbocycles. The summed E-state index contributed by atoms with van der Waals surface area (Å²) in [6.45, 7) is 7.89. The minimum atomic E-state index is 0.585. The summed E-state index contributed by atoms with van der Waals surface area (Å²) in [7, 11) is 1.82. The zero-order valence-electron chi connectivity index (χ0n) is 11.1. The molecule has 0 aromatic rings. The highest BCUT2D eigenvalue weighted by atomic mass is 16.5. The van der Waals surface area contributed by atoms with Crippen LogP contribution in [0.5, 0.6) is 0 Å². The average molecular weight is 225 g/mol. The van der Waals surface area contributed by atoms with Crippen LogP contribution in [-0.4, -0.2) is 26.8 Å². The summed E-state index contributed by atoms with van der Waals surface area (Å²) in [4.78, 5) is 0. The molecule has 2 saturated carbocycles. The van der Waals surface area contributed by atoms with Gasteiger partial charge in [-0.15, -0.1) is 0 Å². The number of nitrogens with one attached hydrogen (secondary N) is 1. The molecule has 1 N–H and O–H groups in total. The zero-order chi connectivity index (χ0) is 11.6. The van der Waals surface area contributed by atoms with Crippen LogP contribution >= 0.6 is 0 Å². The second kappa shape index (κ2) is 5.05. The van der Waals surface area contributed by atoms with Crippen LogP contribution in [0.25, 0.3) is 0 Å². The summed E-state index contributed by atoms with van der Waals surface area (Å²) in [5, 5.41) is 3.59. The van der Waals surface area contributed by atoms with Crippen molar-refractivity contribution in [1.82, 2.24) is 5.32 Å². The lowest BCUT2D eigenvalue weighted by molar-refractivity contribution is 0.105. The molecule has 0 bridgehead atoms. The Hall–Kier alpha value is -0.0800. The predicted octanol–water partition coefficient (Wildman–Crippen LogP) is 2.68. The lowest BCUT2D eigenvalue weighted by Gasteiger charge is -2.37. The molecule has 3 atom stereocenters. The molecule has 94 valence electrons. The highest BCUT2D eigenvalue weighted by molar-refractivity contribution is 5.05. The maximum absolute atomic E-state index is 5.24. The van der Waals surface area contributed by atoms with Crippen molar-refractivity contribution < 1.29 is 4.74 Å². The van der Waals surface area contributed by atoms with Crippen molar-refractivity contribution in [3.05, 3.63) is 0 Å². The minimum absolute atomic E-state index is 0.585. The van der Waals surface area contributed by atoms with E-state index in [-0.39, 0.29) is 0 Å². The van der Waals surface area contributed by atoms with Gasteiger partial charge in [-0.05, 0) is 55.4 Å². The summed E-state index contributed by atoms with van der Waals surface area (Å²) in [5.41, 5.74) is 0.585. The van der Waals surface area contributed by atoms with Crippen LogP contribution in [0.3, 0.4) is 0 Å². The van der Waals surface area contributed by atoms with Gasteiger partial charge >= 0.3 is 0 Å². The normalized spacial score (nSPS) is 38.4. The molecule has 2 heteroatoms. The van der Waals surface area contributed by atoms with E-state index in [4.69, 9.17) is 4.74 Å². The van der Waals surface area contributed by atoms with Gasteiger partial charge in [0.2, 0.25) is 0 Å². The van der Waals surface area contributed by atoms with Crippen molar-refractivity contribution in [2.24, 2.45) is 23.2 Å². The first-order chi connectivity index (χ1) is 7.72. The average Bonchev–Trinajstić information content (AvgIpc) is 2.91. The molecule has 2 aliphatic carbocycles. The van der Waals surface area contributed by atoms with Crippen LogP contribution in [0.1, 0.15) is 39.5 Å². The Bertz CT molecular complexity index is 219. The third-order valence-electron chi connectivity index (χ3n) is 4.93. The molecule has 0 saturated heterocycles. The summed E-state index contributed by atoms with van der Waals surface area (Å²) in [6, 6.07) is 0. The molecule has 2 nitrogen and oxygen atoms in total. The third kappa shape index (κ3) is 2.43. The van der Waals surface area contributed by atoms with Crippen molar-refractivity contribution in [2.75, 3.05) is 26.8 Å². The molecule has 0 aromatic heterocycles. The first-order valence-electron chi connectivity index (χ1n) is 6.91. The molecule has 16 heavy (non-hydrogen) atoms. The van der Waals surface area contributed by atoms with E-state index in [1.165, 1.54) is 32.2 Å². The van der Waals surface area contributed by atoms with Crippen molar-refractivity contribution in [1.29, 1.82) is 0 Å². The SMILES string of the molecule is CCNCC1(C(C)CCOC)CC2CC2C1. The fourth-order valence-corrected chi connectivity index (χ4v) is 3.63. The molecule has 0 spiro atoms. The van der Waals surface area contributed by atoms with Gasteiger partial charge in [-0.3, -0.25) is 0 Å². The van der Waals surface area contributed by atoms with Gasteiger partial charge in [-0.1, -0.05) is 13.8 Å². The van der Waals surface area contributed by atoms with Gasteiger partial charge in [0.15, 0.2) is 0 Å². The van der Waals surface area contributed by atoms with E-state index in [9.17, 15) is 0 Å². The quantitative estimate of drug-likeness (QED) is 0.719. The van der Waals surface area contributed by atoms with Crippen LogP contribution < -0.4 is 5.32 Å². The van der Waals surface area contributed by atoms with Crippen molar-refractivity contribution in [3.8, 4) is 0 Å². The lowest BCUT2D eigenvalue weighted by atomic mass is 9.71. The van der Waals surface area contributed by atoms with Gasteiger partial charge in [0.25, 0.3) is 0 Å². The minimum Gasteiger partial charge on any atom is -0.385 e. The zero-order valence-corrected chi connectivity index (χ0v) is 11.1. The van der Waals surface area contributed by atoms with Crippen LogP contribution in [0.15, 0.2) is 0 Å². The standard InChI is InChI=1S/C14H27NO/c1-4-15-10-14(11(2)5-6-16-3)8-12-7-13(12)9-14/h11-13,15H,4-10H2,1-3H3. The van der Waals surface area contributed by atoms with Gasteiger partial charge in [-0.2, -0.15) is 0 Å². The topological polar surface area (TPSA) is 21.3 Å². The number of fused-ring (bicyclic) bond motifs is 1. The van der Waals surface area contributed by atoms with Crippen molar-refractivity contribution >= 4 is 0 Å². The highest BCUT2D eigenvalue weighted by Gasteiger charge is 2.55. The molecule has 0 aliphatic heterocycles. The molecule has 3 unspecified atom stereocenters. The fourth-order valence-electron chi connectivity index (χ4n) is 3.63. The maximum Gasteiger partial charge on any atom is 0.0465 e. The Balaban J connectivity index is 1.91. The van der Waals surface area contributed by atoms with Crippen LogP contribution in [-0.2, 0) is 4.74 Å². The molecular weight excluding hydrogens is 198 g/mol. The highest BCUT2D eigenvalue weighted by Crippen LogP contribution is 2.62. The van der Waals surface area contributed by atoms with Crippen LogP contribution in [0.4, 0.5) is 0 Å². The van der Waals surface area contributed by atoms with E-state index >= 15 is 0 Å². The number of ether oxygens (including phenoxy) is 1. The largest absolute Gasteiger partial charge is 0.385 e. The fraction of sp³-hybridized carbons (Fsp3) is 1.00. The number of rotatable bonds is 7. The van der Waals surface area contributed by atoms with E-state index in [0.717, 1.165) is 30.9 Å². The summed E-state index contributed by atoms with van der Waals surface area (Å²) < 4.78 is 5.24. The van der Waals surface area contributed by atoms with Crippen LogP contribution in [0.2, 0.25) is 0 Å². The monoisotopic (exact) mass is 225 g/mol. The van der Waals surface area contributed by atoms with E-state index in [2.05, 4.69) is 19.2 Å². The Morgan fingerprint density at radius 3 is 2.62 bits per heavy atom. The number of methoxy groups -OCH3 is 1. The molecule has 0 radical (unpaired) electrons. The van der Waals surface area contributed by atoms with Gasteiger partial charge in [0.1, 0.15) is 0 Å². The van der Waals surface area contributed by atoms with Crippen LogP contribution in [0, 0.1) is 23.2 Å². The summed E-state index contributed by atoms with van der Waals surface area (Å²) >= 11 is 0. The second-order valence-corrected chi connectivity index (χ2v) is 5.99. The van der Waals surface area contributed by atoms with Crippen molar-refractivity contribution in [3.63, 3.8) is 0 Å². The molecule has 2 fully saturated rings. The molecular formula is C14H27NO. The van der Waals surface area contributed by atoms with Crippen molar-refractivity contribution in [2.45, 2.75) is 39.5 Å². The Kier molecular flexibility index (Phi) is 3.91. The van der Waals surface area contributed by atoms with E-state index < -0.39 is 0 Å². The van der Waals surface area contributed by atoms with E-state index in [0.29, 0.717) is 5.41 Å². The maximum atomic E-state index is 5.24. The Labute approximate surface area is 100 Å². The predicted molar refractivity (Wildman–Crippen MR) is 67.5 cm³/mol. The molecule has 0 heterocycles. The van der Waals surface area contributed by atoms with Gasteiger partial charge < -0.3 is 10.1 Å². The molecule has 2 rings (SSSR count). The Morgan fingerprint density at radius 1 is 1.38 bits per heavy atom. The van der Waals surface area contributed by atoms with Gasteiger partial charge in [-0.25, -0.2) is 0 Å². The third-order valence-corrected chi connectivity index (χ3v) is 4.93. The Morgan fingerprint density at radius 2 is 2.06 bits per heavy atom. The van der Waals surface area contributed by atoms with E-state index in [1.807, 2.05) is 7.11 Å².